The third-order valence-electron chi connectivity index (χ3n) is 29.0. The first-order valence-electron chi connectivity index (χ1n) is 46.3. The molecule has 0 saturated carbocycles. The van der Waals surface area contributed by atoms with E-state index in [0.717, 1.165) is 0 Å². The third kappa shape index (κ3) is 11.0. The van der Waals surface area contributed by atoms with Crippen LogP contribution in [0.4, 0.5) is 0 Å². The summed E-state index contributed by atoms with van der Waals surface area (Å²) in [5.41, 5.74) is 37.7. The first-order chi connectivity index (χ1) is 66.5. The second-order valence-electron chi connectivity index (χ2n) is 36.0. The molecule has 0 N–H and O–H groups in total. The smallest absolute Gasteiger partial charge is 0.0626 e. The van der Waals surface area contributed by atoms with Crippen molar-refractivity contribution in [2.75, 3.05) is 0 Å². The fourth-order valence-corrected chi connectivity index (χ4v) is 24.3. The van der Waals surface area contributed by atoms with Crippen molar-refractivity contribution in [3.8, 4) is 129 Å². The monoisotopic (exact) mass is 1720 g/mol. The molecule has 134 heavy (non-hydrogen) atoms. The predicted molar refractivity (Wildman–Crippen MR) is 569 cm³/mol. The van der Waals surface area contributed by atoms with Crippen LogP contribution in [0.2, 0.25) is 0 Å². The second kappa shape index (κ2) is 29.0. The van der Waals surface area contributed by atoms with Crippen molar-refractivity contribution < 1.29 is 0 Å². The molecule has 0 spiro atoms. The lowest BCUT2D eigenvalue weighted by molar-refractivity contribution is 1.14. The van der Waals surface area contributed by atoms with Gasteiger partial charge in [-0.05, 0) is 238 Å². The van der Waals surface area contributed by atoms with Crippen molar-refractivity contribution in [1.29, 1.82) is 0 Å². The van der Waals surface area contributed by atoms with Gasteiger partial charge in [0.25, 0.3) is 0 Å². The van der Waals surface area contributed by atoms with Crippen LogP contribution < -0.4 is 0 Å². The minimum atomic E-state index is 1.17. The van der Waals surface area contributed by atoms with Crippen LogP contribution in [0.3, 0.4) is 0 Å². The van der Waals surface area contributed by atoms with Gasteiger partial charge in [-0.15, -0.1) is 11.3 Å². The maximum Gasteiger partial charge on any atom is 0.0626 e. The van der Waals surface area contributed by atoms with Crippen LogP contribution >= 0.6 is 11.3 Å². The fraction of sp³-hybridized carbons (Fsp3) is 0. The molecule has 28 aromatic rings. The average Bonchev–Trinajstić information content (AvgIpc) is 1.54. The lowest BCUT2D eigenvalue weighted by Gasteiger charge is -2.14. The van der Waals surface area contributed by atoms with Crippen LogP contribution in [0.15, 0.2) is 467 Å². The van der Waals surface area contributed by atoms with Gasteiger partial charge in [0, 0.05) is 119 Å². The van der Waals surface area contributed by atoms with E-state index < -0.39 is 0 Å². The summed E-state index contributed by atoms with van der Waals surface area (Å²) in [5, 5.41) is 24.6. The van der Waals surface area contributed by atoms with Crippen molar-refractivity contribution in [3.05, 3.63) is 467 Å². The van der Waals surface area contributed by atoms with Crippen LogP contribution in [-0.2, 0) is 0 Å². The van der Waals surface area contributed by atoms with Crippen molar-refractivity contribution >= 4 is 162 Å². The molecule has 3 aliphatic rings. The predicted octanol–water partition coefficient (Wildman–Crippen LogP) is 35.2. The van der Waals surface area contributed by atoms with E-state index in [0.29, 0.717) is 0 Å². The molecular formula is C128H77N5S. The second-order valence-corrected chi connectivity index (χ2v) is 37.1. The van der Waals surface area contributed by atoms with Gasteiger partial charge in [0.2, 0.25) is 0 Å². The number of fused-ring (bicyclic) bond motifs is 26. The van der Waals surface area contributed by atoms with Crippen molar-refractivity contribution in [2.24, 2.45) is 0 Å². The number of rotatable bonds is 8. The van der Waals surface area contributed by atoms with E-state index in [1.165, 1.54) is 279 Å². The lowest BCUT2D eigenvalue weighted by Crippen LogP contribution is -1.97. The number of benzene rings is 22. The number of para-hydroxylation sites is 5. The topological polar surface area (TPSA) is 24.6 Å². The van der Waals surface area contributed by atoms with Crippen LogP contribution in [0.25, 0.3) is 279 Å². The molecule has 620 valence electrons. The molecule has 0 aliphatic heterocycles. The molecule has 0 fully saturated rings. The summed E-state index contributed by atoms with van der Waals surface area (Å²) in [6, 6.07) is 172. The van der Waals surface area contributed by atoms with E-state index in [-0.39, 0.29) is 0 Å². The Kier molecular flexibility index (Phi) is 16.1. The quantitative estimate of drug-likeness (QED) is 0.145. The van der Waals surface area contributed by atoms with E-state index in [1.54, 1.807) is 0 Å². The highest BCUT2D eigenvalue weighted by atomic mass is 32.1. The molecular weight excluding hydrogens is 1640 g/mol. The molecule has 6 heterocycles. The highest BCUT2D eigenvalue weighted by Crippen LogP contribution is 2.58. The van der Waals surface area contributed by atoms with E-state index in [4.69, 9.17) is 0 Å². The summed E-state index contributed by atoms with van der Waals surface area (Å²) < 4.78 is 14.9. The van der Waals surface area contributed by atoms with E-state index >= 15 is 0 Å². The van der Waals surface area contributed by atoms with Crippen molar-refractivity contribution in [3.63, 3.8) is 0 Å². The summed E-state index contributed by atoms with van der Waals surface area (Å²) in [7, 11) is 0. The molecule has 22 aromatic carbocycles. The van der Waals surface area contributed by atoms with Crippen LogP contribution in [0.1, 0.15) is 0 Å². The molecule has 0 saturated heterocycles. The largest absolute Gasteiger partial charge is 0.309 e. The van der Waals surface area contributed by atoms with Crippen LogP contribution in [0, 0.1) is 0 Å². The number of nitrogens with zero attached hydrogens (tertiary/aromatic N) is 5. The summed E-state index contributed by atoms with van der Waals surface area (Å²) >= 11 is 1.87. The maximum atomic E-state index is 2.51. The molecule has 0 atom stereocenters. The number of hydrogen-bond donors (Lipinski definition) is 0. The summed E-state index contributed by atoms with van der Waals surface area (Å²) in [5.74, 6) is 0. The van der Waals surface area contributed by atoms with Gasteiger partial charge in [-0.3, -0.25) is 0 Å². The Bertz CT molecular complexity index is 9820. The minimum absolute atomic E-state index is 1.17. The van der Waals surface area contributed by atoms with Crippen molar-refractivity contribution in [2.45, 2.75) is 0 Å². The van der Waals surface area contributed by atoms with E-state index in [9.17, 15) is 0 Å². The Morgan fingerprint density at radius 2 is 0.470 bits per heavy atom. The number of hydrogen-bond acceptors (Lipinski definition) is 1. The van der Waals surface area contributed by atoms with Gasteiger partial charge in [-0.25, -0.2) is 0 Å². The molecule has 3 aliphatic carbocycles. The van der Waals surface area contributed by atoms with Gasteiger partial charge < -0.3 is 22.8 Å². The Hall–Kier alpha value is -17.4. The molecule has 6 aromatic heterocycles. The average molecular weight is 1720 g/mol. The Morgan fingerprint density at radius 1 is 0.149 bits per heavy atom. The number of aromatic nitrogens is 5. The third-order valence-corrected chi connectivity index (χ3v) is 30.1. The Labute approximate surface area is 774 Å². The molecule has 0 radical (unpaired) electrons. The number of thiophene rings is 1. The zero-order valence-electron chi connectivity index (χ0n) is 72.6. The van der Waals surface area contributed by atoms with Gasteiger partial charge >= 0.3 is 0 Å². The standard InChI is InChI=1S/C46H28N2.C42H26N2.C40H23NS/c1-2-14-34-30(10-1)11-9-21-40(34)48-43-27-24-32(28-39(43)45-37-17-7-12-31-13-8-18-38(44(31)37)46(45)48)29-22-25-33(26-23-29)47-41-19-5-3-15-35(41)36-16-4-6-20-42(36)47;1-3-13-30(14-4-1)43-37-20-8-7-17-32(37)35-25-28(21-23-38(35)43)29-22-24-39-36(26-29)41-33-18-9-11-27-12-10-19-34(40(27)33)42(41)44(39)31-15-5-2-6-16-31;1-2-8-26-21-29(18-15-24(26)7-1)41-35-19-16-27(28-17-20-37-33(22-28)30-11-3-4-14-36(30)42-37)23-34(35)39-31-12-5-9-25-10-6-13-32(38(25)31)40(39)41/h1-28H;1-26H;1-23H. The van der Waals surface area contributed by atoms with Crippen LogP contribution in [-0.4, -0.2) is 22.8 Å². The van der Waals surface area contributed by atoms with Gasteiger partial charge in [-0.2, -0.15) is 0 Å². The van der Waals surface area contributed by atoms with Gasteiger partial charge in [-0.1, -0.05) is 328 Å². The van der Waals surface area contributed by atoms with E-state index in [1.807, 2.05) is 11.3 Å². The molecule has 31 rings (SSSR count). The minimum Gasteiger partial charge on any atom is -0.309 e. The fourth-order valence-electron chi connectivity index (χ4n) is 23.2. The molecule has 5 nitrogen and oxygen atoms in total. The van der Waals surface area contributed by atoms with E-state index in [2.05, 4.69) is 490 Å². The summed E-state index contributed by atoms with van der Waals surface area (Å²) in [6.45, 7) is 0. The Balaban J connectivity index is 0.0000000982. The first-order valence-corrected chi connectivity index (χ1v) is 47.1. The molecule has 0 amide bonds. The summed E-state index contributed by atoms with van der Waals surface area (Å²) in [4.78, 5) is 0. The normalized spacial score (nSPS) is 12.2. The highest BCUT2D eigenvalue weighted by Gasteiger charge is 2.34. The molecule has 0 unspecified atom stereocenters. The lowest BCUT2D eigenvalue weighted by atomic mass is 9.98. The maximum absolute atomic E-state index is 2.51. The first kappa shape index (κ1) is 74.5. The zero-order valence-corrected chi connectivity index (χ0v) is 73.4. The summed E-state index contributed by atoms with van der Waals surface area (Å²) in [6.07, 6.45) is 0. The highest BCUT2D eigenvalue weighted by molar-refractivity contribution is 7.25. The van der Waals surface area contributed by atoms with Gasteiger partial charge in [0.15, 0.2) is 0 Å². The van der Waals surface area contributed by atoms with Gasteiger partial charge in [0.05, 0.1) is 61.4 Å². The SMILES string of the molecule is c1ccc(-n2c3c(c4cc(-c5ccc6c(c5)c5ccccc5n6-c5ccccc5)ccc42)-c2cccc4cccc-3c24)cc1.c1ccc2c(-n3c4c(c5cc(-c6ccc(-n7c8ccccc8c8ccccc87)cc6)ccc53)-c3cccc5cccc-4c35)cccc2c1.c1ccc2cc(-n3c4c(c5cc(-c6ccc7sc8ccccc8c7c6)ccc53)-c3cccc5cccc-4c35)ccc2c1. The van der Waals surface area contributed by atoms with Gasteiger partial charge in [0.1, 0.15) is 0 Å². The zero-order chi connectivity index (χ0) is 87.5. The Morgan fingerprint density at radius 3 is 0.993 bits per heavy atom. The molecule has 6 heteroatoms. The van der Waals surface area contributed by atoms with Crippen molar-refractivity contribution in [1.82, 2.24) is 22.8 Å². The van der Waals surface area contributed by atoms with Crippen LogP contribution in [0.5, 0.6) is 0 Å². The molecule has 0 bridgehead atoms.